The van der Waals surface area contributed by atoms with E-state index in [9.17, 15) is 0 Å². The van der Waals surface area contributed by atoms with Crippen LogP contribution < -0.4 is 5.73 Å². The standard InChI is InChI=1S/C9H12N2S/c10-9-11-8-6-2-1-5(3-6)4-7(8)12-9/h5-6H,1-4H2,(H2,10,11). The second kappa shape index (κ2) is 2.22. The Kier molecular flexibility index (Phi) is 1.28. The van der Waals surface area contributed by atoms with E-state index in [1.807, 2.05) is 0 Å². The van der Waals surface area contributed by atoms with Crippen LogP contribution in [0.15, 0.2) is 0 Å². The summed E-state index contributed by atoms with van der Waals surface area (Å²) in [6.45, 7) is 0. The van der Waals surface area contributed by atoms with Gasteiger partial charge in [-0.15, -0.1) is 11.3 Å². The van der Waals surface area contributed by atoms with E-state index >= 15 is 0 Å². The molecule has 1 fully saturated rings. The highest BCUT2D eigenvalue weighted by atomic mass is 32.1. The number of fused-ring (bicyclic) bond motifs is 4. The summed E-state index contributed by atoms with van der Waals surface area (Å²) < 4.78 is 0. The van der Waals surface area contributed by atoms with Crippen molar-refractivity contribution in [2.75, 3.05) is 5.73 Å². The van der Waals surface area contributed by atoms with E-state index < -0.39 is 0 Å². The van der Waals surface area contributed by atoms with Crippen LogP contribution in [0.5, 0.6) is 0 Å². The Hall–Kier alpha value is -0.570. The second-order valence-electron chi connectivity index (χ2n) is 3.94. The summed E-state index contributed by atoms with van der Waals surface area (Å²) >= 11 is 1.70. The van der Waals surface area contributed by atoms with Gasteiger partial charge in [-0.3, -0.25) is 0 Å². The van der Waals surface area contributed by atoms with E-state index in [0.29, 0.717) is 0 Å². The highest BCUT2D eigenvalue weighted by molar-refractivity contribution is 7.15. The lowest BCUT2D eigenvalue weighted by atomic mass is 9.91. The van der Waals surface area contributed by atoms with Crippen molar-refractivity contribution in [3.05, 3.63) is 10.6 Å². The monoisotopic (exact) mass is 180 g/mol. The van der Waals surface area contributed by atoms with Crippen LogP contribution in [-0.2, 0) is 6.42 Å². The molecule has 3 heteroatoms. The molecule has 2 aliphatic carbocycles. The quantitative estimate of drug-likeness (QED) is 0.664. The maximum atomic E-state index is 5.70. The summed E-state index contributed by atoms with van der Waals surface area (Å²) in [7, 11) is 0. The van der Waals surface area contributed by atoms with Gasteiger partial charge in [-0.1, -0.05) is 0 Å². The number of nitrogens with zero attached hydrogens (tertiary/aromatic N) is 1. The van der Waals surface area contributed by atoms with Crippen molar-refractivity contribution in [1.82, 2.24) is 4.98 Å². The molecule has 1 saturated carbocycles. The summed E-state index contributed by atoms with van der Waals surface area (Å²) in [6.07, 6.45) is 5.38. The van der Waals surface area contributed by atoms with Gasteiger partial charge in [-0.25, -0.2) is 4.98 Å². The topological polar surface area (TPSA) is 38.9 Å². The Balaban J connectivity index is 2.11. The van der Waals surface area contributed by atoms with Gasteiger partial charge in [0.25, 0.3) is 0 Å². The minimum Gasteiger partial charge on any atom is -0.375 e. The van der Waals surface area contributed by atoms with Crippen molar-refractivity contribution < 1.29 is 0 Å². The van der Waals surface area contributed by atoms with E-state index in [-0.39, 0.29) is 0 Å². The van der Waals surface area contributed by atoms with E-state index in [0.717, 1.165) is 17.0 Å². The fourth-order valence-corrected chi connectivity index (χ4v) is 3.65. The van der Waals surface area contributed by atoms with Gasteiger partial charge in [0.1, 0.15) is 0 Å². The van der Waals surface area contributed by atoms with Gasteiger partial charge < -0.3 is 5.73 Å². The smallest absolute Gasteiger partial charge is 0.180 e. The number of thiazole rings is 1. The third-order valence-electron chi connectivity index (χ3n) is 3.15. The molecule has 2 bridgehead atoms. The van der Waals surface area contributed by atoms with E-state index in [1.165, 1.54) is 36.3 Å². The van der Waals surface area contributed by atoms with Gasteiger partial charge in [0.2, 0.25) is 0 Å². The first-order valence-electron chi connectivity index (χ1n) is 4.58. The van der Waals surface area contributed by atoms with Crippen molar-refractivity contribution in [3.63, 3.8) is 0 Å². The van der Waals surface area contributed by atoms with Crippen molar-refractivity contribution in [1.29, 1.82) is 0 Å². The molecule has 1 aromatic heterocycles. The van der Waals surface area contributed by atoms with Crippen molar-refractivity contribution in [3.8, 4) is 0 Å². The van der Waals surface area contributed by atoms with Crippen molar-refractivity contribution in [2.45, 2.75) is 31.6 Å². The van der Waals surface area contributed by atoms with Crippen molar-refractivity contribution >= 4 is 16.5 Å². The molecule has 0 aromatic carbocycles. The number of hydrogen-bond donors (Lipinski definition) is 1. The molecule has 2 N–H and O–H groups in total. The lowest BCUT2D eigenvalue weighted by Crippen LogP contribution is -2.08. The maximum Gasteiger partial charge on any atom is 0.180 e. The third-order valence-corrected chi connectivity index (χ3v) is 4.07. The molecule has 64 valence electrons. The molecule has 2 atom stereocenters. The minimum absolute atomic E-state index is 0.757. The molecule has 2 aliphatic rings. The fourth-order valence-electron chi connectivity index (χ4n) is 2.62. The molecule has 0 spiro atoms. The lowest BCUT2D eigenvalue weighted by Gasteiger charge is -2.16. The third kappa shape index (κ3) is 0.829. The molecular formula is C9H12N2S. The first-order chi connectivity index (χ1) is 5.83. The summed E-state index contributed by atoms with van der Waals surface area (Å²) in [5.74, 6) is 1.70. The lowest BCUT2D eigenvalue weighted by molar-refractivity contribution is 0.511. The average Bonchev–Trinajstić information content (AvgIpc) is 2.57. The molecule has 0 saturated heterocycles. The van der Waals surface area contributed by atoms with Crippen LogP contribution in [0.4, 0.5) is 5.13 Å². The van der Waals surface area contributed by atoms with E-state index in [4.69, 9.17) is 5.73 Å². The first-order valence-corrected chi connectivity index (χ1v) is 5.39. The molecule has 1 aromatic rings. The number of aromatic nitrogens is 1. The molecule has 12 heavy (non-hydrogen) atoms. The number of hydrogen-bond acceptors (Lipinski definition) is 3. The van der Waals surface area contributed by atoms with Crippen molar-refractivity contribution in [2.24, 2.45) is 5.92 Å². The summed E-state index contributed by atoms with van der Waals surface area (Å²) in [5, 5.41) is 0.771. The van der Waals surface area contributed by atoms with Gasteiger partial charge in [0.15, 0.2) is 5.13 Å². The van der Waals surface area contributed by atoms with Crippen LogP contribution in [0.2, 0.25) is 0 Å². The Morgan fingerprint density at radius 3 is 3.25 bits per heavy atom. The highest BCUT2D eigenvalue weighted by Crippen LogP contribution is 2.47. The predicted octanol–water partition coefficient (Wildman–Crippen LogP) is 2.17. The Bertz CT molecular complexity index is 318. The number of rotatable bonds is 0. The molecular weight excluding hydrogens is 168 g/mol. The first kappa shape index (κ1) is 6.89. The molecule has 1 heterocycles. The van der Waals surface area contributed by atoms with Crippen LogP contribution in [-0.4, -0.2) is 4.98 Å². The maximum absolute atomic E-state index is 5.70. The Morgan fingerprint density at radius 1 is 1.42 bits per heavy atom. The van der Waals surface area contributed by atoms with Gasteiger partial charge in [0, 0.05) is 10.8 Å². The molecule has 0 radical (unpaired) electrons. The highest BCUT2D eigenvalue weighted by Gasteiger charge is 2.35. The molecule has 2 unspecified atom stereocenters. The fraction of sp³-hybridized carbons (Fsp3) is 0.667. The van der Waals surface area contributed by atoms with Gasteiger partial charge >= 0.3 is 0 Å². The Morgan fingerprint density at radius 2 is 2.33 bits per heavy atom. The number of anilines is 1. The Labute approximate surface area is 75.8 Å². The van der Waals surface area contributed by atoms with E-state index in [1.54, 1.807) is 11.3 Å². The van der Waals surface area contributed by atoms with Crippen LogP contribution in [0.3, 0.4) is 0 Å². The van der Waals surface area contributed by atoms with Crippen LogP contribution in [0.25, 0.3) is 0 Å². The SMILES string of the molecule is Nc1nc2c(s1)CC1CCC2C1. The molecule has 2 nitrogen and oxygen atoms in total. The van der Waals surface area contributed by atoms with Crippen LogP contribution in [0, 0.1) is 5.92 Å². The zero-order valence-electron chi connectivity index (χ0n) is 6.92. The van der Waals surface area contributed by atoms with E-state index in [2.05, 4.69) is 4.98 Å². The van der Waals surface area contributed by atoms with Crippen LogP contribution in [0.1, 0.15) is 35.8 Å². The summed E-state index contributed by atoms with van der Waals surface area (Å²) in [6, 6.07) is 0. The van der Waals surface area contributed by atoms with Gasteiger partial charge in [-0.2, -0.15) is 0 Å². The predicted molar refractivity (Wildman–Crippen MR) is 50.3 cm³/mol. The summed E-state index contributed by atoms with van der Waals surface area (Å²) in [5.41, 5.74) is 7.04. The second-order valence-corrected chi connectivity index (χ2v) is 5.06. The van der Waals surface area contributed by atoms with Crippen LogP contribution >= 0.6 is 11.3 Å². The molecule has 3 rings (SSSR count). The normalized spacial score (nSPS) is 32.0. The van der Waals surface area contributed by atoms with Gasteiger partial charge in [0.05, 0.1) is 5.69 Å². The van der Waals surface area contributed by atoms with Gasteiger partial charge in [-0.05, 0) is 31.6 Å². The zero-order valence-corrected chi connectivity index (χ0v) is 7.73. The number of nitrogen functional groups attached to an aromatic ring is 1. The minimum atomic E-state index is 0.757. The number of nitrogens with two attached hydrogens (primary N) is 1. The molecule has 0 amide bonds. The summed E-state index contributed by atoms with van der Waals surface area (Å²) in [4.78, 5) is 5.90. The average molecular weight is 180 g/mol. The molecule has 0 aliphatic heterocycles. The largest absolute Gasteiger partial charge is 0.375 e. The zero-order chi connectivity index (χ0) is 8.13.